The molecule has 1 saturated carbocycles. The van der Waals surface area contributed by atoms with Gasteiger partial charge in [-0.05, 0) is 36.5 Å². The van der Waals surface area contributed by atoms with E-state index >= 15 is 0 Å². The Bertz CT molecular complexity index is 969. The summed E-state index contributed by atoms with van der Waals surface area (Å²) in [5.41, 5.74) is 5.39. The fourth-order valence-electron chi connectivity index (χ4n) is 5.15. The number of amides is 3. The SMILES string of the molecule is O=C1C2CCCCC2N2C(=O)N(Cc3ccccc3Cl)NC2N1CCc1ccccc1. The van der Waals surface area contributed by atoms with Gasteiger partial charge in [-0.15, -0.1) is 0 Å². The van der Waals surface area contributed by atoms with Gasteiger partial charge in [-0.1, -0.05) is 73.0 Å². The van der Waals surface area contributed by atoms with Gasteiger partial charge in [0, 0.05) is 17.6 Å². The van der Waals surface area contributed by atoms with Gasteiger partial charge in [0.2, 0.25) is 5.91 Å². The number of carbonyl (C=O) groups excluding carboxylic acids is 2. The highest BCUT2D eigenvalue weighted by molar-refractivity contribution is 6.31. The van der Waals surface area contributed by atoms with Crippen LogP contribution in [0.3, 0.4) is 0 Å². The van der Waals surface area contributed by atoms with Crippen LogP contribution in [0.5, 0.6) is 0 Å². The van der Waals surface area contributed by atoms with E-state index in [-0.39, 0.29) is 23.9 Å². The maximum atomic E-state index is 13.5. The van der Waals surface area contributed by atoms with Crippen molar-refractivity contribution in [3.8, 4) is 0 Å². The Morgan fingerprint density at radius 2 is 1.71 bits per heavy atom. The second-order valence-electron chi connectivity index (χ2n) is 8.60. The molecule has 3 fully saturated rings. The third-order valence-corrected chi connectivity index (χ3v) is 7.11. The highest BCUT2D eigenvalue weighted by Gasteiger charge is 2.54. The van der Waals surface area contributed by atoms with Crippen molar-refractivity contribution in [1.82, 2.24) is 20.2 Å². The fraction of sp³-hybridized carbons (Fsp3) is 0.417. The van der Waals surface area contributed by atoms with E-state index < -0.39 is 6.29 Å². The molecular formula is C24H27ClN4O2. The average molecular weight is 439 g/mol. The van der Waals surface area contributed by atoms with Crippen LogP contribution in [-0.4, -0.2) is 45.6 Å². The Morgan fingerprint density at radius 3 is 2.52 bits per heavy atom. The van der Waals surface area contributed by atoms with Gasteiger partial charge >= 0.3 is 6.03 Å². The monoisotopic (exact) mass is 438 g/mol. The number of hydrogen-bond acceptors (Lipinski definition) is 3. The number of fused-ring (bicyclic) bond motifs is 3. The summed E-state index contributed by atoms with van der Waals surface area (Å²) in [7, 11) is 0. The molecule has 2 heterocycles. The zero-order valence-corrected chi connectivity index (χ0v) is 18.2. The third-order valence-electron chi connectivity index (χ3n) is 6.74. The van der Waals surface area contributed by atoms with Gasteiger partial charge in [-0.25, -0.2) is 4.79 Å². The van der Waals surface area contributed by atoms with Crippen LogP contribution in [0.4, 0.5) is 4.79 Å². The molecule has 3 atom stereocenters. The van der Waals surface area contributed by atoms with Crippen molar-refractivity contribution >= 4 is 23.5 Å². The van der Waals surface area contributed by atoms with E-state index in [1.807, 2.05) is 52.3 Å². The lowest BCUT2D eigenvalue weighted by Gasteiger charge is -2.48. The lowest BCUT2D eigenvalue weighted by Crippen LogP contribution is -2.66. The zero-order chi connectivity index (χ0) is 21.4. The highest BCUT2D eigenvalue weighted by atomic mass is 35.5. The number of hydrogen-bond donors (Lipinski definition) is 1. The summed E-state index contributed by atoms with van der Waals surface area (Å²) in [5, 5.41) is 2.25. The first-order chi connectivity index (χ1) is 15.1. The molecule has 0 spiro atoms. The predicted octanol–water partition coefficient (Wildman–Crippen LogP) is 4.01. The Morgan fingerprint density at radius 1 is 0.968 bits per heavy atom. The molecule has 1 aliphatic carbocycles. The molecule has 5 rings (SSSR count). The molecule has 2 aromatic rings. The molecule has 1 N–H and O–H groups in total. The number of nitrogens with one attached hydrogen (secondary N) is 1. The van der Waals surface area contributed by atoms with Crippen LogP contribution in [0.1, 0.15) is 36.8 Å². The van der Waals surface area contributed by atoms with Gasteiger partial charge in [0.15, 0.2) is 6.29 Å². The average Bonchev–Trinajstić information content (AvgIpc) is 3.12. The Kier molecular flexibility index (Phi) is 5.59. The molecule has 0 radical (unpaired) electrons. The van der Waals surface area contributed by atoms with Crippen LogP contribution in [0.2, 0.25) is 5.02 Å². The molecule has 6 nitrogen and oxygen atoms in total. The van der Waals surface area contributed by atoms with E-state index in [0.29, 0.717) is 18.1 Å². The van der Waals surface area contributed by atoms with Crippen molar-refractivity contribution in [2.24, 2.45) is 5.92 Å². The molecule has 0 aromatic heterocycles. The summed E-state index contributed by atoms with van der Waals surface area (Å²) in [6.45, 7) is 0.942. The maximum absolute atomic E-state index is 13.5. The van der Waals surface area contributed by atoms with E-state index in [4.69, 9.17) is 11.6 Å². The quantitative estimate of drug-likeness (QED) is 0.767. The van der Waals surface area contributed by atoms with Crippen molar-refractivity contribution < 1.29 is 9.59 Å². The molecule has 31 heavy (non-hydrogen) atoms. The van der Waals surface area contributed by atoms with Gasteiger partial charge in [-0.2, -0.15) is 5.43 Å². The summed E-state index contributed by atoms with van der Waals surface area (Å²) < 4.78 is 0. The Balaban J connectivity index is 1.41. The first kappa shape index (κ1) is 20.3. The number of nitrogens with zero attached hydrogens (tertiary/aromatic N) is 3. The molecule has 7 heteroatoms. The summed E-state index contributed by atoms with van der Waals surface area (Å²) in [4.78, 5) is 30.7. The minimum absolute atomic E-state index is 0.0320. The van der Waals surface area contributed by atoms with Crippen molar-refractivity contribution in [2.75, 3.05) is 6.54 Å². The molecule has 3 amide bonds. The summed E-state index contributed by atoms with van der Waals surface area (Å²) in [5.74, 6) is 0.0635. The number of halogens is 1. The lowest BCUT2D eigenvalue weighted by atomic mass is 9.81. The molecule has 2 aliphatic heterocycles. The number of benzene rings is 2. The minimum atomic E-state index is -0.439. The fourth-order valence-corrected chi connectivity index (χ4v) is 5.34. The van der Waals surface area contributed by atoms with Gasteiger partial charge in [0.25, 0.3) is 0 Å². The summed E-state index contributed by atoms with van der Waals surface area (Å²) in [6, 6.07) is 17.6. The minimum Gasteiger partial charge on any atom is -0.307 e. The smallest absolute Gasteiger partial charge is 0.307 e. The normalized spacial score (nSPS) is 25.6. The van der Waals surface area contributed by atoms with E-state index in [0.717, 1.165) is 37.7 Å². The van der Waals surface area contributed by atoms with Crippen molar-refractivity contribution in [3.63, 3.8) is 0 Å². The largest absolute Gasteiger partial charge is 0.337 e. The second-order valence-corrected chi connectivity index (χ2v) is 9.00. The van der Waals surface area contributed by atoms with Gasteiger partial charge < -0.3 is 4.90 Å². The number of carbonyl (C=O) groups is 2. The molecule has 2 saturated heterocycles. The van der Waals surface area contributed by atoms with Crippen molar-refractivity contribution in [1.29, 1.82) is 0 Å². The van der Waals surface area contributed by atoms with Gasteiger partial charge in [0.1, 0.15) is 0 Å². The van der Waals surface area contributed by atoms with Crippen LogP contribution >= 0.6 is 11.6 Å². The summed E-state index contributed by atoms with van der Waals surface area (Å²) >= 11 is 6.34. The van der Waals surface area contributed by atoms with Gasteiger partial charge in [-0.3, -0.25) is 14.7 Å². The van der Waals surface area contributed by atoms with E-state index in [2.05, 4.69) is 17.6 Å². The lowest BCUT2D eigenvalue weighted by molar-refractivity contribution is -0.156. The number of urea groups is 1. The molecule has 2 aromatic carbocycles. The molecular weight excluding hydrogens is 412 g/mol. The Hall–Kier alpha value is -2.57. The van der Waals surface area contributed by atoms with Gasteiger partial charge in [0.05, 0.1) is 12.5 Å². The zero-order valence-electron chi connectivity index (χ0n) is 17.4. The van der Waals surface area contributed by atoms with Crippen LogP contribution in [-0.2, 0) is 17.8 Å². The van der Waals surface area contributed by atoms with Crippen LogP contribution in [0, 0.1) is 5.92 Å². The molecule has 3 aliphatic rings. The third kappa shape index (κ3) is 3.79. The first-order valence-corrected chi connectivity index (χ1v) is 11.4. The predicted molar refractivity (Wildman–Crippen MR) is 119 cm³/mol. The Labute approximate surface area is 187 Å². The van der Waals surface area contributed by atoms with Crippen molar-refractivity contribution in [2.45, 2.75) is 51.0 Å². The maximum Gasteiger partial charge on any atom is 0.337 e. The summed E-state index contributed by atoms with van der Waals surface area (Å²) in [6.07, 6.45) is 4.15. The van der Waals surface area contributed by atoms with Crippen LogP contribution in [0.25, 0.3) is 0 Å². The molecule has 3 unspecified atom stereocenters. The molecule has 162 valence electrons. The number of rotatable bonds is 5. The first-order valence-electron chi connectivity index (χ1n) is 11.1. The van der Waals surface area contributed by atoms with Crippen LogP contribution < -0.4 is 5.43 Å². The highest BCUT2D eigenvalue weighted by Crippen LogP contribution is 2.38. The van der Waals surface area contributed by atoms with E-state index in [1.54, 1.807) is 5.01 Å². The standard InChI is InChI=1S/C24H27ClN4O2/c25-20-12-6-4-10-18(20)16-28-24(31)29-21-13-7-5-11-19(21)22(30)27(23(29)26-28)15-14-17-8-2-1-3-9-17/h1-4,6,8-10,12,19,21,23,26H,5,7,11,13-16H2. The van der Waals surface area contributed by atoms with Crippen LogP contribution in [0.15, 0.2) is 54.6 Å². The van der Waals surface area contributed by atoms with E-state index in [1.165, 1.54) is 5.56 Å². The van der Waals surface area contributed by atoms with E-state index in [9.17, 15) is 9.59 Å². The second kappa shape index (κ2) is 8.52. The molecule has 0 bridgehead atoms. The topological polar surface area (TPSA) is 55.9 Å². The number of hydrazine groups is 1. The van der Waals surface area contributed by atoms with Crippen molar-refractivity contribution in [3.05, 3.63) is 70.7 Å².